The first-order valence-electron chi connectivity index (χ1n) is 6.19. The molecule has 2 nitrogen and oxygen atoms in total. The zero-order chi connectivity index (χ0) is 14.5. The van der Waals surface area contributed by atoms with E-state index in [0.29, 0.717) is 11.5 Å². The van der Waals surface area contributed by atoms with E-state index in [1.165, 1.54) is 0 Å². The van der Waals surface area contributed by atoms with Crippen LogP contribution in [0.25, 0.3) is 0 Å². The van der Waals surface area contributed by atoms with Crippen molar-refractivity contribution in [1.82, 2.24) is 0 Å². The topological polar surface area (TPSA) is 29.5 Å². The van der Waals surface area contributed by atoms with Gasteiger partial charge < -0.3 is 9.84 Å². The highest BCUT2D eigenvalue weighted by Crippen LogP contribution is 2.18. The molecule has 108 valence electrons. The van der Waals surface area contributed by atoms with Crippen LogP contribution in [0.1, 0.15) is 31.1 Å². The second-order valence-electron chi connectivity index (χ2n) is 4.99. The van der Waals surface area contributed by atoms with Gasteiger partial charge in [-0.2, -0.15) is 13.2 Å². The standard InChI is InChI=1S/C14H19F3O2/c1-10(2)7-11-3-5-12(6-4-11)13(18)8-19-9-14(15,16)17/h3-6,10,13,18H,7-9H2,1-2H3. The van der Waals surface area contributed by atoms with Gasteiger partial charge in [-0.3, -0.25) is 0 Å². The molecule has 1 aromatic rings. The van der Waals surface area contributed by atoms with Crippen LogP contribution in [0.3, 0.4) is 0 Å². The summed E-state index contributed by atoms with van der Waals surface area (Å²) in [6.45, 7) is 2.51. The smallest absolute Gasteiger partial charge is 0.386 e. The predicted octanol–water partition coefficient (Wildman–Crippen LogP) is 3.50. The number of hydrogen-bond acceptors (Lipinski definition) is 2. The number of aliphatic hydroxyl groups excluding tert-OH is 1. The van der Waals surface area contributed by atoms with Gasteiger partial charge in [-0.1, -0.05) is 38.1 Å². The Labute approximate surface area is 111 Å². The zero-order valence-electron chi connectivity index (χ0n) is 11.1. The van der Waals surface area contributed by atoms with Gasteiger partial charge in [-0.15, -0.1) is 0 Å². The van der Waals surface area contributed by atoms with Crippen molar-refractivity contribution in [1.29, 1.82) is 0 Å². The van der Waals surface area contributed by atoms with Crippen LogP contribution in [0.15, 0.2) is 24.3 Å². The molecule has 0 spiro atoms. The van der Waals surface area contributed by atoms with E-state index < -0.39 is 18.9 Å². The maximum atomic E-state index is 11.9. The van der Waals surface area contributed by atoms with Crippen molar-refractivity contribution < 1.29 is 23.0 Å². The van der Waals surface area contributed by atoms with Crippen LogP contribution in [0.2, 0.25) is 0 Å². The van der Waals surface area contributed by atoms with Crippen LogP contribution in [0.4, 0.5) is 13.2 Å². The quantitative estimate of drug-likeness (QED) is 0.861. The Bertz CT molecular complexity index is 371. The summed E-state index contributed by atoms with van der Waals surface area (Å²) in [6, 6.07) is 7.20. The number of benzene rings is 1. The first-order valence-corrected chi connectivity index (χ1v) is 6.19. The van der Waals surface area contributed by atoms with E-state index >= 15 is 0 Å². The van der Waals surface area contributed by atoms with Gasteiger partial charge in [-0.25, -0.2) is 0 Å². The SMILES string of the molecule is CC(C)Cc1ccc(C(O)COCC(F)(F)F)cc1. The highest BCUT2D eigenvalue weighted by atomic mass is 19.4. The van der Waals surface area contributed by atoms with Crippen molar-refractivity contribution in [3.63, 3.8) is 0 Å². The van der Waals surface area contributed by atoms with Gasteiger partial charge in [0, 0.05) is 0 Å². The van der Waals surface area contributed by atoms with Gasteiger partial charge in [0.1, 0.15) is 12.7 Å². The third-order valence-corrected chi connectivity index (χ3v) is 2.55. The summed E-state index contributed by atoms with van der Waals surface area (Å²) >= 11 is 0. The normalized spacial score (nSPS) is 13.8. The van der Waals surface area contributed by atoms with E-state index in [-0.39, 0.29) is 6.61 Å². The molecule has 0 aliphatic heterocycles. The molecule has 0 aliphatic carbocycles. The Morgan fingerprint density at radius 3 is 2.21 bits per heavy atom. The molecule has 1 aromatic carbocycles. The molecule has 0 fully saturated rings. The Morgan fingerprint density at radius 2 is 1.74 bits per heavy atom. The summed E-state index contributed by atoms with van der Waals surface area (Å²) in [6.07, 6.45) is -4.46. The molecule has 0 saturated heterocycles. The average molecular weight is 276 g/mol. The van der Waals surface area contributed by atoms with Crippen LogP contribution in [0, 0.1) is 5.92 Å². The van der Waals surface area contributed by atoms with Gasteiger partial charge >= 0.3 is 6.18 Å². The Kier molecular flexibility index (Phi) is 5.82. The van der Waals surface area contributed by atoms with Crippen LogP contribution in [0.5, 0.6) is 0 Å². The Morgan fingerprint density at radius 1 is 1.16 bits per heavy atom. The highest BCUT2D eigenvalue weighted by Gasteiger charge is 2.27. The minimum absolute atomic E-state index is 0.358. The van der Waals surface area contributed by atoms with E-state index in [1.807, 2.05) is 12.1 Å². The van der Waals surface area contributed by atoms with E-state index in [1.54, 1.807) is 12.1 Å². The molecule has 1 unspecified atom stereocenters. The number of ether oxygens (including phenoxy) is 1. The summed E-state index contributed by atoms with van der Waals surface area (Å²) < 4.78 is 40.1. The van der Waals surface area contributed by atoms with Crippen LogP contribution in [-0.4, -0.2) is 24.5 Å². The molecule has 0 heterocycles. The highest BCUT2D eigenvalue weighted by molar-refractivity contribution is 5.24. The van der Waals surface area contributed by atoms with Gasteiger partial charge in [0.2, 0.25) is 0 Å². The maximum Gasteiger partial charge on any atom is 0.411 e. The minimum atomic E-state index is -4.36. The van der Waals surface area contributed by atoms with Crippen LogP contribution in [-0.2, 0) is 11.2 Å². The molecule has 0 aromatic heterocycles. The fourth-order valence-corrected chi connectivity index (χ4v) is 1.73. The van der Waals surface area contributed by atoms with Gasteiger partial charge in [0.15, 0.2) is 0 Å². The van der Waals surface area contributed by atoms with Crippen molar-refractivity contribution in [2.45, 2.75) is 32.5 Å². The zero-order valence-corrected chi connectivity index (χ0v) is 11.1. The molecule has 0 radical (unpaired) electrons. The van der Waals surface area contributed by atoms with Crippen LogP contribution >= 0.6 is 0 Å². The summed E-state index contributed by atoms with van der Waals surface area (Å²) in [5.74, 6) is 0.533. The predicted molar refractivity (Wildman–Crippen MR) is 66.8 cm³/mol. The van der Waals surface area contributed by atoms with Gasteiger partial charge in [-0.05, 0) is 23.5 Å². The molecule has 0 saturated carbocycles. The molecule has 1 atom stereocenters. The van der Waals surface area contributed by atoms with Gasteiger partial charge in [0.05, 0.1) is 6.61 Å². The minimum Gasteiger partial charge on any atom is -0.386 e. The number of hydrogen-bond donors (Lipinski definition) is 1. The molecular weight excluding hydrogens is 257 g/mol. The molecule has 1 rings (SSSR count). The lowest BCUT2D eigenvalue weighted by Gasteiger charge is -2.13. The second-order valence-corrected chi connectivity index (χ2v) is 4.99. The largest absolute Gasteiger partial charge is 0.411 e. The molecule has 5 heteroatoms. The van der Waals surface area contributed by atoms with E-state index in [2.05, 4.69) is 18.6 Å². The monoisotopic (exact) mass is 276 g/mol. The third kappa shape index (κ3) is 6.59. The average Bonchev–Trinajstić information content (AvgIpc) is 2.27. The number of rotatable bonds is 6. The molecule has 19 heavy (non-hydrogen) atoms. The summed E-state index contributed by atoms with van der Waals surface area (Å²) in [4.78, 5) is 0. The lowest BCUT2D eigenvalue weighted by Crippen LogP contribution is -2.19. The fraction of sp³-hybridized carbons (Fsp3) is 0.571. The molecular formula is C14H19F3O2. The molecule has 0 amide bonds. The van der Waals surface area contributed by atoms with Crippen molar-refractivity contribution in [3.8, 4) is 0 Å². The first kappa shape index (κ1) is 16.0. The van der Waals surface area contributed by atoms with E-state index in [0.717, 1.165) is 12.0 Å². The van der Waals surface area contributed by atoms with Crippen molar-refractivity contribution in [2.24, 2.45) is 5.92 Å². The molecule has 0 bridgehead atoms. The molecule has 1 N–H and O–H groups in total. The molecule has 0 aliphatic rings. The summed E-state index contributed by atoms with van der Waals surface area (Å²) in [5, 5.41) is 9.70. The first-order chi connectivity index (χ1) is 8.78. The van der Waals surface area contributed by atoms with E-state index in [4.69, 9.17) is 0 Å². The van der Waals surface area contributed by atoms with E-state index in [9.17, 15) is 18.3 Å². The third-order valence-electron chi connectivity index (χ3n) is 2.55. The van der Waals surface area contributed by atoms with Gasteiger partial charge in [0.25, 0.3) is 0 Å². The summed E-state index contributed by atoms with van der Waals surface area (Å²) in [5.41, 5.74) is 1.71. The number of halogens is 3. The Balaban J connectivity index is 2.46. The second kappa shape index (κ2) is 6.91. The van der Waals surface area contributed by atoms with Crippen molar-refractivity contribution in [3.05, 3.63) is 35.4 Å². The Hall–Kier alpha value is -1.07. The maximum absolute atomic E-state index is 11.9. The van der Waals surface area contributed by atoms with Crippen molar-refractivity contribution in [2.75, 3.05) is 13.2 Å². The number of alkyl halides is 3. The van der Waals surface area contributed by atoms with Crippen molar-refractivity contribution >= 4 is 0 Å². The fourth-order valence-electron chi connectivity index (χ4n) is 1.73. The lowest BCUT2D eigenvalue weighted by molar-refractivity contribution is -0.179. The summed E-state index contributed by atoms with van der Waals surface area (Å²) in [7, 11) is 0. The number of aliphatic hydroxyl groups is 1. The lowest BCUT2D eigenvalue weighted by atomic mass is 10.0. The van der Waals surface area contributed by atoms with Crippen LogP contribution < -0.4 is 0 Å².